The summed E-state index contributed by atoms with van der Waals surface area (Å²) in [7, 11) is 0. The normalized spacial score (nSPS) is 20.6. The summed E-state index contributed by atoms with van der Waals surface area (Å²) in [4.78, 5) is 6.50. The van der Waals surface area contributed by atoms with Crippen molar-refractivity contribution in [2.24, 2.45) is 5.92 Å². The summed E-state index contributed by atoms with van der Waals surface area (Å²) in [6, 6.07) is 3.59. The zero-order valence-electron chi connectivity index (χ0n) is 9.95. The Balaban J connectivity index is 1.64. The van der Waals surface area contributed by atoms with Gasteiger partial charge in [0.25, 0.3) is 0 Å². The molecule has 96 valence electrons. The van der Waals surface area contributed by atoms with Gasteiger partial charge in [-0.05, 0) is 31.0 Å². The summed E-state index contributed by atoms with van der Waals surface area (Å²) in [5.74, 6) is 2.05. The molecule has 6 heteroatoms. The molecule has 1 N–H and O–H groups in total. The van der Waals surface area contributed by atoms with E-state index in [0.29, 0.717) is 29.9 Å². The maximum absolute atomic E-state index is 9.09. The summed E-state index contributed by atoms with van der Waals surface area (Å²) >= 11 is 0. The van der Waals surface area contributed by atoms with Gasteiger partial charge < -0.3 is 14.0 Å². The molecule has 0 spiro atoms. The molecule has 0 aliphatic carbocycles. The predicted octanol–water partition coefficient (Wildman–Crippen LogP) is 1.14. The number of rotatable bonds is 4. The molecular weight excluding hydrogens is 234 g/mol. The highest BCUT2D eigenvalue weighted by Gasteiger charge is 2.23. The third-order valence-electron chi connectivity index (χ3n) is 3.20. The molecule has 1 atom stereocenters. The molecule has 0 radical (unpaired) electrons. The fraction of sp³-hybridized carbons (Fsp3) is 0.500. The van der Waals surface area contributed by atoms with E-state index < -0.39 is 0 Å². The first-order valence-electron chi connectivity index (χ1n) is 6.05. The predicted molar refractivity (Wildman–Crippen MR) is 62.5 cm³/mol. The molecule has 1 fully saturated rings. The standard InChI is InChI=1S/C12H15N3O3/c16-8-9-3-4-15(6-9)7-11-13-12(14-18-11)10-2-1-5-17-10/h1-2,5,9,16H,3-4,6-8H2. The molecule has 0 bridgehead atoms. The summed E-state index contributed by atoms with van der Waals surface area (Å²) < 4.78 is 10.4. The summed E-state index contributed by atoms with van der Waals surface area (Å²) in [5.41, 5.74) is 0. The number of likely N-dealkylation sites (tertiary alicyclic amines) is 1. The maximum atomic E-state index is 9.09. The van der Waals surface area contributed by atoms with E-state index in [9.17, 15) is 0 Å². The highest BCUT2D eigenvalue weighted by Crippen LogP contribution is 2.20. The van der Waals surface area contributed by atoms with Crippen LogP contribution < -0.4 is 0 Å². The van der Waals surface area contributed by atoms with E-state index in [0.717, 1.165) is 19.5 Å². The fourth-order valence-corrected chi connectivity index (χ4v) is 2.22. The first-order chi connectivity index (χ1) is 8.85. The van der Waals surface area contributed by atoms with Crippen molar-refractivity contribution in [1.29, 1.82) is 0 Å². The average Bonchev–Trinajstić information content (AvgIpc) is 3.10. The Morgan fingerprint density at radius 3 is 3.17 bits per heavy atom. The van der Waals surface area contributed by atoms with Gasteiger partial charge in [0.1, 0.15) is 0 Å². The van der Waals surface area contributed by atoms with E-state index in [1.807, 2.05) is 0 Å². The number of nitrogens with zero attached hydrogens (tertiary/aromatic N) is 3. The van der Waals surface area contributed by atoms with Crippen LogP contribution in [0.2, 0.25) is 0 Å². The first-order valence-corrected chi connectivity index (χ1v) is 6.05. The maximum Gasteiger partial charge on any atom is 0.241 e. The number of hydrogen-bond donors (Lipinski definition) is 1. The molecule has 6 nitrogen and oxygen atoms in total. The summed E-state index contributed by atoms with van der Waals surface area (Å²) in [5, 5.41) is 13.0. The van der Waals surface area contributed by atoms with Crippen LogP contribution in [0.25, 0.3) is 11.6 Å². The monoisotopic (exact) mass is 249 g/mol. The van der Waals surface area contributed by atoms with Gasteiger partial charge in [-0.15, -0.1) is 0 Å². The van der Waals surface area contributed by atoms with Gasteiger partial charge in [-0.2, -0.15) is 4.98 Å². The lowest BCUT2D eigenvalue weighted by Gasteiger charge is -2.11. The number of aromatic nitrogens is 2. The van der Waals surface area contributed by atoms with E-state index in [-0.39, 0.29) is 6.61 Å². The van der Waals surface area contributed by atoms with Gasteiger partial charge in [-0.1, -0.05) is 5.16 Å². The second kappa shape index (κ2) is 4.91. The Kier molecular flexibility index (Phi) is 3.12. The zero-order valence-corrected chi connectivity index (χ0v) is 9.95. The molecule has 1 aliphatic heterocycles. The Labute approximate surface area is 104 Å². The Morgan fingerprint density at radius 1 is 1.50 bits per heavy atom. The molecule has 3 heterocycles. The van der Waals surface area contributed by atoms with Crippen molar-refractivity contribution in [1.82, 2.24) is 15.0 Å². The van der Waals surface area contributed by atoms with Crippen molar-refractivity contribution in [3.05, 3.63) is 24.3 Å². The van der Waals surface area contributed by atoms with Crippen LogP contribution in [0.5, 0.6) is 0 Å². The quantitative estimate of drug-likeness (QED) is 0.875. The molecule has 3 rings (SSSR count). The van der Waals surface area contributed by atoms with Crippen molar-refractivity contribution >= 4 is 0 Å². The minimum absolute atomic E-state index is 0.248. The number of hydrogen-bond acceptors (Lipinski definition) is 6. The summed E-state index contributed by atoms with van der Waals surface area (Å²) in [6.07, 6.45) is 2.60. The van der Waals surface area contributed by atoms with Gasteiger partial charge in [0, 0.05) is 13.2 Å². The molecule has 2 aromatic rings. The van der Waals surface area contributed by atoms with Crippen molar-refractivity contribution in [3.63, 3.8) is 0 Å². The minimum atomic E-state index is 0.248. The van der Waals surface area contributed by atoms with Gasteiger partial charge in [0.05, 0.1) is 12.8 Å². The topological polar surface area (TPSA) is 75.5 Å². The molecule has 2 aromatic heterocycles. The SMILES string of the molecule is OCC1CCN(Cc2nc(-c3ccco3)no2)C1. The molecule has 0 saturated carbocycles. The van der Waals surface area contributed by atoms with Crippen LogP contribution in [0.4, 0.5) is 0 Å². The molecule has 0 aromatic carbocycles. The van der Waals surface area contributed by atoms with Crippen LogP contribution in [0, 0.1) is 5.92 Å². The third-order valence-corrected chi connectivity index (χ3v) is 3.20. The lowest BCUT2D eigenvalue weighted by Crippen LogP contribution is -2.21. The molecule has 1 aliphatic rings. The average molecular weight is 249 g/mol. The second-order valence-corrected chi connectivity index (χ2v) is 4.56. The van der Waals surface area contributed by atoms with Gasteiger partial charge in [0.15, 0.2) is 5.76 Å². The van der Waals surface area contributed by atoms with Gasteiger partial charge in [-0.25, -0.2) is 0 Å². The Bertz CT molecular complexity index is 494. The molecule has 1 unspecified atom stereocenters. The van der Waals surface area contributed by atoms with Crippen molar-refractivity contribution in [2.75, 3.05) is 19.7 Å². The molecule has 1 saturated heterocycles. The number of aliphatic hydroxyl groups excluding tert-OH is 1. The highest BCUT2D eigenvalue weighted by atomic mass is 16.5. The first kappa shape index (κ1) is 11.4. The zero-order chi connectivity index (χ0) is 12.4. The second-order valence-electron chi connectivity index (χ2n) is 4.56. The molecule has 18 heavy (non-hydrogen) atoms. The summed E-state index contributed by atoms with van der Waals surface area (Å²) in [6.45, 7) is 2.72. The fourth-order valence-electron chi connectivity index (χ4n) is 2.22. The third kappa shape index (κ3) is 2.30. The lowest BCUT2D eigenvalue weighted by molar-refractivity contribution is 0.211. The number of furan rings is 1. The highest BCUT2D eigenvalue weighted by molar-refractivity contribution is 5.44. The van der Waals surface area contributed by atoms with Crippen LogP contribution in [0.15, 0.2) is 27.3 Å². The van der Waals surface area contributed by atoms with Crippen LogP contribution in [0.1, 0.15) is 12.3 Å². The minimum Gasteiger partial charge on any atom is -0.461 e. The van der Waals surface area contributed by atoms with Crippen LogP contribution in [0.3, 0.4) is 0 Å². The van der Waals surface area contributed by atoms with E-state index in [2.05, 4.69) is 15.0 Å². The Morgan fingerprint density at radius 2 is 2.44 bits per heavy atom. The van der Waals surface area contributed by atoms with Crippen molar-refractivity contribution in [2.45, 2.75) is 13.0 Å². The lowest BCUT2D eigenvalue weighted by atomic mass is 10.1. The number of aliphatic hydroxyl groups is 1. The Hall–Kier alpha value is -1.66. The van der Waals surface area contributed by atoms with E-state index in [4.69, 9.17) is 14.0 Å². The van der Waals surface area contributed by atoms with Crippen molar-refractivity contribution in [3.8, 4) is 11.6 Å². The largest absolute Gasteiger partial charge is 0.461 e. The smallest absolute Gasteiger partial charge is 0.241 e. The van der Waals surface area contributed by atoms with E-state index >= 15 is 0 Å². The van der Waals surface area contributed by atoms with Crippen molar-refractivity contribution < 1.29 is 14.0 Å². The van der Waals surface area contributed by atoms with Crippen LogP contribution in [-0.4, -0.2) is 39.8 Å². The van der Waals surface area contributed by atoms with E-state index in [1.54, 1.807) is 18.4 Å². The van der Waals surface area contributed by atoms with Gasteiger partial charge in [-0.3, -0.25) is 4.90 Å². The van der Waals surface area contributed by atoms with E-state index in [1.165, 1.54) is 0 Å². The molecular formula is C12H15N3O3. The van der Waals surface area contributed by atoms with Crippen LogP contribution >= 0.6 is 0 Å². The van der Waals surface area contributed by atoms with Gasteiger partial charge in [0.2, 0.25) is 11.7 Å². The molecule has 0 amide bonds. The van der Waals surface area contributed by atoms with Gasteiger partial charge >= 0.3 is 0 Å². The van der Waals surface area contributed by atoms with Crippen LogP contribution in [-0.2, 0) is 6.54 Å².